The molecule has 1 aliphatic rings. The zero-order valence-electron chi connectivity index (χ0n) is 10.5. The predicted octanol–water partition coefficient (Wildman–Crippen LogP) is 1.28. The molecule has 0 aromatic carbocycles. The fourth-order valence-electron chi connectivity index (χ4n) is 2.05. The van der Waals surface area contributed by atoms with E-state index in [1.807, 2.05) is 0 Å². The van der Waals surface area contributed by atoms with Crippen molar-refractivity contribution in [2.75, 3.05) is 26.3 Å². The summed E-state index contributed by atoms with van der Waals surface area (Å²) in [6.07, 6.45) is -3.79. The molecule has 0 aromatic rings. The summed E-state index contributed by atoms with van der Waals surface area (Å²) in [6.45, 7) is -0.201. The molecule has 1 N–H and O–H groups in total. The van der Waals surface area contributed by atoms with Crippen LogP contribution >= 0.6 is 0 Å². The number of amides is 1. The van der Waals surface area contributed by atoms with Crippen molar-refractivity contribution < 1.29 is 32.6 Å². The zero-order valence-corrected chi connectivity index (χ0v) is 10.5. The highest BCUT2D eigenvalue weighted by molar-refractivity contribution is 5.81. The van der Waals surface area contributed by atoms with Gasteiger partial charge in [-0.25, -0.2) is 0 Å². The monoisotopic (exact) mass is 283 g/mol. The molecule has 0 saturated carbocycles. The second-order valence-electron chi connectivity index (χ2n) is 4.61. The normalized spacial score (nSPS) is 23.7. The SMILES string of the molecule is CCC1(C(=O)O)CCN(C(=O)COCC(F)(F)F)C1. The Bertz CT molecular complexity index is 358. The zero-order chi connectivity index (χ0) is 14.7. The van der Waals surface area contributed by atoms with E-state index in [1.165, 1.54) is 4.90 Å². The molecule has 0 radical (unpaired) electrons. The largest absolute Gasteiger partial charge is 0.481 e. The van der Waals surface area contributed by atoms with Gasteiger partial charge in [0, 0.05) is 13.1 Å². The van der Waals surface area contributed by atoms with Crippen LogP contribution < -0.4 is 0 Å². The minimum atomic E-state index is -4.47. The highest BCUT2D eigenvalue weighted by atomic mass is 19.4. The van der Waals surface area contributed by atoms with Gasteiger partial charge in [-0.1, -0.05) is 6.92 Å². The molecule has 1 saturated heterocycles. The van der Waals surface area contributed by atoms with E-state index in [0.29, 0.717) is 12.8 Å². The van der Waals surface area contributed by atoms with Crippen LogP contribution in [-0.2, 0) is 14.3 Å². The lowest BCUT2D eigenvalue weighted by Crippen LogP contribution is -2.38. The van der Waals surface area contributed by atoms with Crippen LogP contribution in [-0.4, -0.2) is 54.4 Å². The molecule has 1 rings (SSSR count). The lowest BCUT2D eigenvalue weighted by atomic mass is 9.84. The number of carbonyl (C=O) groups excluding carboxylic acids is 1. The molecule has 1 heterocycles. The lowest BCUT2D eigenvalue weighted by molar-refractivity contribution is -0.177. The number of hydrogen-bond donors (Lipinski definition) is 1. The minimum absolute atomic E-state index is 0.0209. The predicted molar refractivity (Wildman–Crippen MR) is 58.4 cm³/mol. The third kappa shape index (κ3) is 4.09. The first-order valence-electron chi connectivity index (χ1n) is 5.86. The second-order valence-corrected chi connectivity index (χ2v) is 4.61. The van der Waals surface area contributed by atoms with Crippen molar-refractivity contribution in [2.45, 2.75) is 25.9 Å². The van der Waals surface area contributed by atoms with Gasteiger partial charge in [0.25, 0.3) is 0 Å². The van der Waals surface area contributed by atoms with Crippen LogP contribution in [0, 0.1) is 5.41 Å². The van der Waals surface area contributed by atoms with Crippen molar-refractivity contribution in [3.8, 4) is 0 Å². The first-order chi connectivity index (χ1) is 8.70. The Morgan fingerprint density at radius 2 is 2.05 bits per heavy atom. The van der Waals surface area contributed by atoms with Gasteiger partial charge in [0.2, 0.25) is 5.91 Å². The van der Waals surface area contributed by atoms with Crippen LogP contribution in [0.1, 0.15) is 19.8 Å². The minimum Gasteiger partial charge on any atom is -0.481 e. The van der Waals surface area contributed by atoms with E-state index in [2.05, 4.69) is 4.74 Å². The van der Waals surface area contributed by atoms with Crippen LogP contribution in [0.3, 0.4) is 0 Å². The molecule has 1 amide bonds. The van der Waals surface area contributed by atoms with Crippen molar-refractivity contribution >= 4 is 11.9 Å². The fourth-order valence-corrected chi connectivity index (χ4v) is 2.05. The molecule has 110 valence electrons. The summed E-state index contributed by atoms with van der Waals surface area (Å²) in [7, 11) is 0. The molecule has 1 fully saturated rings. The molecular weight excluding hydrogens is 267 g/mol. The number of likely N-dealkylation sites (tertiary alicyclic amines) is 1. The Labute approximate surface area is 108 Å². The van der Waals surface area contributed by atoms with E-state index in [1.54, 1.807) is 6.92 Å². The average molecular weight is 283 g/mol. The Balaban J connectivity index is 2.46. The number of carboxylic acids is 1. The highest BCUT2D eigenvalue weighted by Crippen LogP contribution is 2.34. The van der Waals surface area contributed by atoms with E-state index >= 15 is 0 Å². The molecule has 1 atom stereocenters. The van der Waals surface area contributed by atoms with E-state index in [0.717, 1.165) is 0 Å². The van der Waals surface area contributed by atoms with Crippen molar-refractivity contribution in [3.63, 3.8) is 0 Å². The van der Waals surface area contributed by atoms with E-state index < -0.39 is 36.7 Å². The summed E-state index contributed by atoms with van der Waals surface area (Å²) >= 11 is 0. The Hall–Kier alpha value is -1.31. The first-order valence-corrected chi connectivity index (χ1v) is 5.86. The van der Waals surface area contributed by atoms with E-state index in [4.69, 9.17) is 5.11 Å². The number of alkyl halides is 3. The van der Waals surface area contributed by atoms with Crippen molar-refractivity contribution in [1.82, 2.24) is 4.90 Å². The van der Waals surface area contributed by atoms with Crippen LogP contribution in [0.4, 0.5) is 13.2 Å². The number of carboxylic acid groups (broad SMARTS) is 1. The molecular formula is C11H16F3NO4. The quantitative estimate of drug-likeness (QED) is 0.825. The second kappa shape index (κ2) is 5.77. The third-order valence-electron chi connectivity index (χ3n) is 3.33. The lowest BCUT2D eigenvalue weighted by Gasteiger charge is -2.23. The number of carbonyl (C=O) groups is 2. The summed E-state index contributed by atoms with van der Waals surface area (Å²) in [5.74, 6) is -1.60. The maximum atomic E-state index is 11.8. The van der Waals surface area contributed by atoms with E-state index in [9.17, 15) is 22.8 Å². The van der Waals surface area contributed by atoms with Crippen LogP contribution in [0.2, 0.25) is 0 Å². The Kier molecular flexibility index (Phi) is 4.78. The first kappa shape index (κ1) is 15.7. The van der Waals surface area contributed by atoms with Crippen LogP contribution in [0.25, 0.3) is 0 Å². The molecule has 5 nitrogen and oxygen atoms in total. The van der Waals surface area contributed by atoms with Gasteiger partial charge in [0.1, 0.15) is 13.2 Å². The molecule has 0 bridgehead atoms. The summed E-state index contributed by atoms with van der Waals surface area (Å²) < 4.78 is 39.8. The van der Waals surface area contributed by atoms with Crippen LogP contribution in [0.5, 0.6) is 0 Å². The molecule has 19 heavy (non-hydrogen) atoms. The smallest absolute Gasteiger partial charge is 0.411 e. The topological polar surface area (TPSA) is 66.8 Å². The fraction of sp³-hybridized carbons (Fsp3) is 0.818. The van der Waals surface area contributed by atoms with Gasteiger partial charge in [0.05, 0.1) is 5.41 Å². The molecule has 8 heteroatoms. The molecule has 0 aromatic heterocycles. The standard InChI is InChI=1S/C11H16F3NO4/c1-2-10(9(17)18)3-4-15(6-10)8(16)5-19-7-11(12,13)14/h2-7H2,1H3,(H,17,18). The van der Waals surface area contributed by atoms with Crippen molar-refractivity contribution in [3.05, 3.63) is 0 Å². The Morgan fingerprint density at radius 1 is 1.42 bits per heavy atom. The van der Waals surface area contributed by atoms with E-state index in [-0.39, 0.29) is 13.1 Å². The van der Waals surface area contributed by atoms with Gasteiger partial charge in [-0.15, -0.1) is 0 Å². The average Bonchev–Trinajstić information content (AvgIpc) is 2.72. The molecule has 0 aliphatic carbocycles. The number of halogens is 3. The summed E-state index contributed by atoms with van der Waals surface area (Å²) in [5, 5.41) is 9.13. The number of ether oxygens (including phenoxy) is 1. The van der Waals surface area contributed by atoms with Gasteiger partial charge in [-0.2, -0.15) is 13.2 Å². The summed E-state index contributed by atoms with van der Waals surface area (Å²) in [6, 6.07) is 0. The van der Waals surface area contributed by atoms with Crippen LogP contribution in [0.15, 0.2) is 0 Å². The maximum absolute atomic E-state index is 11.8. The number of hydrogen-bond acceptors (Lipinski definition) is 3. The molecule has 0 spiro atoms. The van der Waals surface area contributed by atoms with Gasteiger partial charge in [0.15, 0.2) is 0 Å². The highest BCUT2D eigenvalue weighted by Gasteiger charge is 2.44. The third-order valence-corrected chi connectivity index (χ3v) is 3.33. The summed E-state index contributed by atoms with van der Waals surface area (Å²) in [4.78, 5) is 24.0. The van der Waals surface area contributed by atoms with Gasteiger partial charge in [-0.05, 0) is 12.8 Å². The van der Waals surface area contributed by atoms with Gasteiger partial charge in [-0.3, -0.25) is 9.59 Å². The maximum Gasteiger partial charge on any atom is 0.411 e. The molecule has 1 unspecified atom stereocenters. The number of aliphatic carboxylic acids is 1. The van der Waals surface area contributed by atoms with Crippen molar-refractivity contribution in [1.29, 1.82) is 0 Å². The summed E-state index contributed by atoms with van der Waals surface area (Å²) in [5.41, 5.74) is -0.986. The van der Waals surface area contributed by atoms with Crippen molar-refractivity contribution in [2.24, 2.45) is 5.41 Å². The van der Waals surface area contributed by atoms with Gasteiger partial charge < -0.3 is 14.7 Å². The number of rotatable bonds is 5. The Morgan fingerprint density at radius 3 is 2.47 bits per heavy atom. The molecule has 1 aliphatic heterocycles. The van der Waals surface area contributed by atoms with Gasteiger partial charge >= 0.3 is 12.1 Å². The number of nitrogens with zero attached hydrogens (tertiary/aromatic N) is 1.